The Morgan fingerprint density at radius 3 is 2.46 bits per heavy atom. The third-order valence-corrected chi connectivity index (χ3v) is 5.16. The zero-order valence-corrected chi connectivity index (χ0v) is 15.2. The molecule has 0 bridgehead atoms. The molecule has 0 spiro atoms. The van der Waals surface area contributed by atoms with E-state index in [1.54, 1.807) is 0 Å². The maximum Gasteiger partial charge on any atom is 0.266 e. The van der Waals surface area contributed by atoms with Crippen molar-refractivity contribution in [2.75, 3.05) is 5.32 Å². The molecule has 0 saturated heterocycles. The molecule has 1 N–H and O–H groups in total. The van der Waals surface area contributed by atoms with Gasteiger partial charge >= 0.3 is 0 Å². The van der Waals surface area contributed by atoms with Crippen LogP contribution in [0.3, 0.4) is 0 Å². The Morgan fingerprint density at radius 2 is 1.83 bits per heavy atom. The molecule has 3 aromatic rings. The number of nitrogens with zero attached hydrogens (tertiary/aromatic N) is 2. The lowest BCUT2D eigenvalue weighted by Gasteiger charge is -2.07. The summed E-state index contributed by atoms with van der Waals surface area (Å²) in [6.45, 7) is 8.64. The zero-order valence-electron chi connectivity index (χ0n) is 14.4. The number of hydrogen-bond donors (Lipinski definition) is 1. The van der Waals surface area contributed by atoms with Gasteiger partial charge in [-0.2, -0.15) is 5.10 Å². The lowest BCUT2D eigenvalue weighted by Crippen LogP contribution is -2.13. The molecule has 0 aliphatic heterocycles. The molecule has 3 rings (SSSR count). The normalized spacial score (nSPS) is 10.8. The van der Waals surface area contributed by atoms with Crippen LogP contribution in [0.25, 0.3) is 0 Å². The summed E-state index contributed by atoms with van der Waals surface area (Å²) in [5, 5.41) is 9.55. The number of carbonyl (C=O) groups is 1. The van der Waals surface area contributed by atoms with Crippen LogP contribution in [-0.2, 0) is 6.54 Å². The number of aromatic nitrogens is 2. The summed E-state index contributed by atoms with van der Waals surface area (Å²) in [6.07, 6.45) is 0. The fourth-order valence-corrected chi connectivity index (χ4v) is 3.49. The van der Waals surface area contributed by atoms with E-state index in [9.17, 15) is 4.79 Å². The number of anilines is 1. The van der Waals surface area contributed by atoms with Gasteiger partial charge in [0.1, 0.15) is 0 Å². The zero-order chi connectivity index (χ0) is 17.3. The van der Waals surface area contributed by atoms with E-state index < -0.39 is 0 Å². The molecule has 5 heteroatoms. The Morgan fingerprint density at radius 1 is 1.12 bits per heavy atom. The average molecular weight is 339 g/mol. The molecule has 4 nitrogen and oxygen atoms in total. The monoisotopic (exact) mass is 339 g/mol. The van der Waals surface area contributed by atoms with Crippen molar-refractivity contribution in [2.24, 2.45) is 0 Å². The Bertz CT molecular complexity index is 875. The van der Waals surface area contributed by atoms with E-state index in [1.807, 2.05) is 36.9 Å². The van der Waals surface area contributed by atoms with Crippen LogP contribution in [0.4, 0.5) is 5.69 Å². The van der Waals surface area contributed by atoms with Crippen molar-refractivity contribution in [2.45, 2.75) is 34.2 Å². The number of thiophene rings is 1. The predicted octanol–water partition coefficient (Wildman–Crippen LogP) is 4.48. The molecule has 0 saturated carbocycles. The van der Waals surface area contributed by atoms with Gasteiger partial charge in [0.05, 0.1) is 28.5 Å². The van der Waals surface area contributed by atoms with Gasteiger partial charge in [-0.05, 0) is 50.3 Å². The predicted molar refractivity (Wildman–Crippen MR) is 99.0 cm³/mol. The van der Waals surface area contributed by atoms with Crippen molar-refractivity contribution in [1.29, 1.82) is 0 Å². The molecule has 24 heavy (non-hydrogen) atoms. The van der Waals surface area contributed by atoms with Gasteiger partial charge in [0.15, 0.2) is 0 Å². The third-order valence-electron chi connectivity index (χ3n) is 4.14. The molecule has 1 aromatic carbocycles. The van der Waals surface area contributed by atoms with Gasteiger partial charge in [0.2, 0.25) is 0 Å². The number of aryl methyl sites for hydroxylation is 3. The molecule has 2 aromatic heterocycles. The number of benzene rings is 1. The molecule has 0 radical (unpaired) electrons. The largest absolute Gasteiger partial charge is 0.318 e. The molecular weight excluding hydrogens is 318 g/mol. The van der Waals surface area contributed by atoms with Crippen molar-refractivity contribution >= 4 is 22.9 Å². The number of nitrogens with one attached hydrogen (secondary N) is 1. The number of rotatable bonds is 4. The first-order valence-electron chi connectivity index (χ1n) is 7.90. The summed E-state index contributed by atoms with van der Waals surface area (Å²) < 4.78 is 1.94. The first-order valence-corrected chi connectivity index (χ1v) is 8.78. The standard InChI is InChI=1S/C19H21N3OS/c1-12-5-7-16(8-6-12)11-22-15(4)17(14(3)21-22)20-19(23)18-13(2)9-10-24-18/h5-10H,11H2,1-4H3,(H,20,23). The third kappa shape index (κ3) is 3.26. The van der Waals surface area contributed by atoms with Crippen LogP contribution in [-0.4, -0.2) is 15.7 Å². The summed E-state index contributed by atoms with van der Waals surface area (Å²) in [5.41, 5.74) is 6.04. The van der Waals surface area contributed by atoms with Crippen LogP contribution >= 0.6 is 11.3 Å². The second kappa shape index (κ2) is 6.61. The van der Waals surface area contributed by atoms with Gasteiger partial charge in [-0.3, -0.25) is 9.48 Å². The van der Waals surface area contributed by atoms with Crippen LogP contribution in [0.15, 0.2) is 35.7 Å². The van der Waals surface area contributed by atoms with E-state index in [1.165, 1.54) is 22.5 Å². The van der Waals surface area contributed by atoms with Crippen LogP contribution in [0.1, 0.15) is 37.7 Å². The minimum atomic E-state index is -0.0661. The Labute approximate surface area is 146 Å². The number of carbonyl (C=O) groups excluding carboxylic acids is 1. The molecule has 0 unspecified atom stereocenters. The Kier molecular flexibility index (Phi) is 4.53. The van der Waals surface area contributed by atoms with E-state index in [4.69, 9.17) is 0 Å². The van der Waals surface area contributed by atoms with Crippen LogP contribution < -0.4 is 5.32 Å². The van der Waals surface area contributed by atoms with Crippen molar-refractivity contribution in [3.63, 3.8) is 0 Å². The Balaban J connectivity index is 1.82. The Hall–Kier alpha value is -2.40. The smallest absolute Gasteiger partial charge is 0.266 e. The second-order valence-corrected chi connectivity index (χ2v) is 6.99. The van der Waals surface area contributed by atoms with Crippen molar-refractivity contribution < 1.29 is 4.79 Å². The van der Waals surface area contributed by atoms with E-state index in [0.29, 0.717) is 6.54 Å². The van der Waals surface area contributed by atoms with Crippen LogP contribution in [0.5, 0.6) is 0 Å². The average Bonchev–Trinajstić information content (AvgIpc) is 3.08. The van der Waals surface area contributed by atoms with E-state index in [2.05, 4.69) is 41.6 Å². The molecule has 0 fully saturated rings. The van der Waals surface area contributed by atoms with Crippen LogP contribution in [0.2, 0.25) is 0 Å². The lowest BCUT2D eigenvalue weighted by molar-refractivity contribution is 0.103. The summed E-state index contributed by atoms with van der Waals surface area (Å²) in [7, 11) is 0. The van der Waals surface area contributed by atoms with Crippen molar-refractivity contribution in [3.05, 3.63) is 68.7 Å². The van der Waals surface area contributed by atoms with E-state index >= 15 is 0 Å². The highest BCUT2D eigenvalue weighted by atomic mass is 32.1. The fraction of sp³-hybridized carbons (Fsp3) is 0.263. The topological polar surface area (TPSA) is 46.9 Å². The van der Waals surface area contributed by atoms with E-state index in [-0.39, 0.29) is 5.91 Å². The van der Waals surface area contributed by atoms with Gasteiger partial charge in [-0.15, -0.1) is 11.3 Å². The molecule has 0 atom stereocenters. The van der Waals surface area contributed by atoms with Gasteiger partial charge in [-0.25, -0.2) is 0 Å². The molecule has 0 aliphatic rings. The van der Waals surface area contributed by atoms with Crippen molar-refractivity contribution in [3.8, 4) is 0 Å². The maximum absolute atomic E-state index is 12.5. The summed E-state index contributed by atoms with van der Waals surface area (Å²) in [4.78, 5) is 13.2. The van der Waals surface area contributed by atoms with Gasteiger partial charge in [0.25, 0.3) is 5.91 Å². The molecule has 2 heterocycles. The summed E-state index contributed by atoms with van der Waals surface area (Å²) in [6, 6.07) is 10.4. The lowest BCUT2D eigenvalue weighted by atomic mass is 10.1. The number of amides is 1. The second-order valence-electron chi connectivity index (χ2n) is 6.08. The van der Waals surface area contributed by atoms with Crippen LogP contribution in [0, 0.1) is 27.7 Å². The highest BCUT2D eigenvalue weighted by Gasteiger charge is 2.17. The summed E-state index contributed by atoms with van der Waals surface area (Å²) in [5.74, 6) is -0.0661. The van der Waals surface area contributed by atoms with Crippen molar-refractivity contribution in [1.82, 2.24) is 9.78 Å². The first kappa shape index (κ1) is 16.5. The SMILES string of the molecule is Cc1ccc(Cn2nc(C)c(NC(=O)c3sccc3C)c2C)cc1. The van der Waals surface area contributed by atoms with Gasteiger partial charge in [-0.1, -0.05) is 29.8 Å². The van der Waals surface area contributed by atoms with Gasteiger partial charge in [0, 0.05) is 0 Å². The van der Waals surface area contributed by atoms with Gasteiger partial charge < -0.3 is 5.32 Å². The first-order chi connectivity index (χ1) is 11.5. The minimum Gasteiger partial charge on any atom is -0.318 e. The highest BCUT2D eigenvalue weighted by molar-refractivity contribution is 7.12. The quantitative estimate of drug-likeness (QED) is 0.762. The van der Waals surface area contributed by atoms with E-state index in [0.717, 1.165) is 27.5 Å². The molecular formula is C19H21N3OS. The summed E-state index contributed by atoms with van der Waals surface area (Å²) >= 11 is 1.46. The molecule has 0 aliphatic carbocycles. The minimum absolute atomic E-state index is 0.0661. The molecule has 1 amide bonds. The maximum atomic E-state index is 12.5. The highest BCUT2D eigenvalue weighted by Crippen LogP contribution is 2.23. The fourth-order valence-electron chi connectivity index (χ4n) is 2.67. The molecule has 124 valence electrons. The number of hydrogen-bond acceptors (Lipinski definition) is 3.